The maximum atomic E-state index is 8.57. The van der Waals surface area contributed by atoms with Crippen LogP contribution in [-0.2, 0) is 5.41 Å². The maximum absolute atomic E-state index is 8.57. The molecular weight excluding hydrogens is 194 g/mol. The monoisotopic (exact) mass is 207 g/mol. The van der Waals surface area contributed by atoms with Crippen molar-refractivity contribution in [3.63, 3.8) is 0 Å². The fourth-order valence-electron chi connectivity index (χ4n) is 1.52. The van der Waals surface area contributed by atoms with Crippen LogP contribution in [0.3, 0.4) is 0 Å². The second kappa shape index (κ2) is 3.46. The molecule has 1 aliphatic heterocycles. The number of hydrogen-bond acceptors (Lipinski definition) is 4. The minimum absolute atomic E-state index is 0.271. The number of rotatable bonds is 2. The number of ether oxygens (including phenoxy) is 2. The predicted molar refractivity (Wildman–Crippen MR) is 55.9 cm³/mol. The lowest BCUT2D eigenvalue weighted by Crippen LogP contribution is -2.18. The molecule has 0 aliphatic carbocycles. The summed E-state index contributed by atoms with van der Waals surface area (Å²) in [5, 5.41) is 11.7. The number of benzene rings is 1. The van der Waals surface area contributed by atoms with Crippen LogP contribution in [0.4, 0.5) is 0 Å². The number of fused-ring (bicyclic) bond motifs is 1. The van der Waals surface area contributed by atoms with E-state index < -0.39 is 0 Å². The standard InChI is InChI=1S/C11H13NO3/c1-11(2,6-12-13)8-3-4-9-10(5-8)15-7-14-9/h3-6,13H,7H2,1-2H3. The summed E-state index contributed by atoms with van der Waals surface area (Å²) in [6.07, 6.45) is 1.49. The largest absolute Gasteiger partial charge is 0.454 e. The topological polar surface area (TPSA) is 51.1 Å². The molecule has 0 bridgehead atoms. The van der Waals surface area contributed by atoms with Crippen molar-refractivity contribution in [2.24, 2.45) is 5.16 Å². The molecule has 0 aromatic heterocycles. The van der Waals surface area contributed by atoms with Gasteiger partial charge < -0.3 is 14.7 Å². The second-order valence-electron chi connectivity index (χ2n) is 4.03. The molecule has 1 heterocycles. The second-order valence-corrected chi connectivity index (χ2v) is 4.03. The summed E-state index contributed by atoms with van der Waals surface area (Å²) in [7, 11) is 0. The number of oxime groups is 1. The van der Waals surface area contributed by atoms with Gasteiger partial charge in [0.2, 0.25) is 6.79 Å². The van der Waals surface area contributed by atoms with Crippen LogP contribution in [0.1, 0.15) is 19.4 Å². The molecule has 0 saturated heterocycles. The average molecular weight is 207 g/mol. The molecule has 0 unspecified atom stereocenters. The first-order chi connectivity index (χ1) is 7.13. The average Bonchev–Trinajstić information content (AvgIpc) is 2.63. The molecule has 4 heteroatoms. The highest BCUT2D eigenvalue weighted by Gasteiger charge is 2.22. The van der Waals surface area contributed by atoms with Gasteiger partial charge in [-0.1, -0.05) is 19.9 Å². The molecule has 1 N–H and O–H groups in total. The van der Waals surface area contributed by atoms with Crippen molar-refractivity contribution >= 4 is 6.21 Å². The third-order valence-corrected chi connectivity index (χ3v) is 2.50. The van der Waals surface area contributed by atoms with E-state index in [-0.39, 0.29) is 12.2 Å². The molecule has 0 fully saturated rings. The molecule has 0 spiro atoms. The maximum Gasteiger partial charge on any atom is 0.231 e. The van der Waals surface area contributed by atoms with Crippen LogP contribution in [0.25, 0.3) is 0 Å². The molecule has 0 radical (unpaired) electrons. The molecule has 80 valence electrons. The van der Waals surface area contributed by atoms with Crippen molar-refractivity contribution in [2.75, 3.05) is 6.79 Å². The highest BCUT2D eigenvalue weighted by molar-refractivity contribution is 5.72. The summed E-state index contributed by atoms with van der Waals surface area (Å²) in [4.78, 5) is 0. The van der Waals surface area contributed by atoms with E-state index >= 15 is 0 Å². The number of nitrogens with zero attached hydrogens (tertiary/aromatic N) is 1. The molecular formula is C11H13NO3. The van der Waals surface area contributed by atoms with Gasteiger partial charge in [-0.25, -0.2) is 0 Å². The first-order valence-electron chi connectivity index (χ1n) is 4.72. The smallest absolute Gasteiger partial charge is 0.231 e. The van der Waals surface area contributed by atoms with Gasteiger partial charge in [0.15, 0.2) is 11.5 Å². The van der Waals surface area contributed by atoms with E-state index in [0.717, 1.165) is 17.1 Å². The molecule has 0 atom stereocenters. The lowest BCUT2D eigenvalue weighted by atomic mass is 9.86. The van der Waals surface area contributed by atoms with Crippen molar-refractivity contribution in [3.05, 3.63) is 23.8 Å². The highest BCUT2D eigenvalue weighted by atomic mass is 16.7. The third kappa shape index (κ3) is 1.75. The Morgan fingerprint density at radius 2 is 2.07 bits per heavy atom. The van der Waals surface area contributed by atoms with Gasteiger partial charge in [0.25, 0.3) is 0 Å². The molecule has 4 nitrogen and oxygen atoms in total. The van der Waals surface area contributed by atoms with Crippen LogP contribution < -0.4 is 9.47 Å². The minimum Gasteiger partial charge on any atom is -0.454 e. The van der Waals surface area contributed by atoms with Crippen LogP contribution in [0.5, 0.6) is 11.5 Å². The lowest BCUT2D eigenvalue weighted by molar-refractivity contribution is 0.174. The Labute approximate surface area is 88.1 Å². The Balaban J connectivity index is 2.38. The Bertz CT molecular complexity index is 399. The fourth-order valence-corrected chi connectivity index (χ4v) is 1.52. The molecule has 0 saturated carbocycles. The molecule has 1 aliphatic rings. The van der Waals surface area contributed by atoms with E-state index in [1.807, 2.05) is 32.0 Å². The van der Waals surface area contributed by atoms with E-state index in [2.05, 4.69) is 5.16 Å². The van der Waals surface area contributed by atoms with Gasteiger partial charge in [0.1, 0.15) is 0 Å². The summed E-state index contributed by atoms with van der Waals surface area (Å²) < 4.78 is 10.5. The zero-order valence-electron chi connectivity index (χ0n) is 8.73. The van der Waals surface area contributed by atoms with E-state index in [1.54, 1.807) is 0 Å². The lowest BCUT2D eigenvalue weighted by Gasteiger charge is -2.19. The van der Waals surface area contributed by atoms with Crippen molar-refractivity contribution in [1.29, 1.82) is 0 Å². The highest BCUT2D eigenvalue weighted by Crippen LogP contribution is 2.35. The van der Waals surface area contributed by atoms with Crippen molar-refractivity contribution in [2.45, 2.75) is 19.3 Å². The molecule has 15 heavy (non-hydrogen) atoms. The summed E-state index contributed by atoms with van der Waals surface area (Å²) in [5.41, 5.74) is 0.694. The molecule has 0 amide bonds. The van der Waals surface area contributed by atoms with Crippen LogP contribution in [0.2, 0.25) is 0 Å². The Morgan fingerprint density at radius 1 is 1.33 bits per heavy atom. The van der Waals surface area contributed by atoms with Gasteiger partial charge in [0.05, 0.1) is 6.21 Å². The Morgan fingerprint density at radius 3 is 2.80 bits per heavy atom. The molecule has 1 aromatic carbocycles. The van der Waals surface area contributed by atoms with E-state index in [0.29, 0.717) is 0 Å². The summed E-state index contributed by atoms with van der Waals surface area (Å²) in [5.74, 6) is 1.50. The van der Waals surface area contributed by atoms with Gasteiger partial charge in [-0.05, 0) is 17.7 Å². The van der Waals surface area contributed by atoms with Gasteiger partial charge in [0, 0.05) is 5.41 Å². The zero-order valence-corrected chi connectivity index (χ0v) is 8.73. The summed E-state index contributed by atoms with van der Waals surface area (Å²) >= 11 is 0. The molecule has 2 rings (SSSR count). The van der Waals surface area contributed by atoms with Crippen molar-refractivity contribution in [1.82, 2.24) is 0 Å². The van der Waals surface area contributed by atoms with Crippen LogP contribution in [0, 0.1) is 0 Å². The zero-order chi connectivity index (χ0) is 10.9. The van der Waals surface area contributed by atoms with Crippen molar-refractivity contribution in [3.8, 4) is 11.5 Å². The predicted octanol–water partition coefficient (Wildman–Crippen LogP) is 2.15. The quantitative estimate of drug-likeness (QED) is 0.459. The van der Waals surface area contributed by atoms with Gasteiger partial charge in [-0.15, -0.1) is 5.16 Å². The molecule has 1 aromatic rings. The van der Waals surface area contributed by atoms with Crippen LogP contribution in [-0.4, -0.2) is 18.2 Å². The number of hydrogen-bond donors (Lipinski definition) is 1. The summed E-state index contributed by atoms with van der Waals surface area (Å²) in [6, 6.07) is 5.71. The Hall–Kier alpha value is -1.71. The first-order valence-corrected chi connectivity index (χ1v) is 4.72. The van der Waals surface area contributed by atoms with E-state index in [4.69, 9.17) is 14.7 Å². The normalized spacial score (nSPS) is 14.8. The van der Waals surface area contributed by atoms with E-state index in [9.17, 15) is 0 Å². The van der Waals surface area contributed by atoms with Crippen LogP contribution >= 0.6 is 0 Å². The van der Waals surface area contributed by atoms with E-state index in [1.165, 1.54) is 6.21 Å². The third-order valence-electron chi connectivity index (χ3n) is 2.50. The minimum atomic E-state index is -0.324. The SMILES string of the molecule is CC(C)(C=NO)c1ccc2c(c1)OCO2. The summed E-state index contributed by atoms with van der Waals surface area (Å²) in [6.45, 7) is 4.20. The van der Waals surface area contributed by atoms with Gasteiger partial charge in [-0.2, -0.15) is 0 Å². The van der Waals surface area contributed by atoms with Crippen LogP contribution in [0.15, 0.2) is 23.4 Å². The van der Waals surface area contributed by atoms with Crippen molar-refractivity contribution < 1.29 is 14.7 Å². The fraction of sp³-hybridized carbons (Fsp3) is 0.364. The van der Waals surface area contributed by atoms with Gasteiger partial charge >= 0.3 is 0 Å². The first kappa shape index (κ1) is 9.83. The van der Waals surface area contributed by atoms with Gasteiger partial charge in [-0.3, -0.25) is 0 Å². The Kier molecular flexibility index (Phi) is 2.26.